The zero-order valence-corrected chi connectivity index (χ0v) is 9.04. The molecule has 0 aliphatic rings. The second-order valence-electron chi connectivity index (χ2n) is 2.90. The van der Waals surface area contributed by atoms with Gasteiger partial charge in [0.15, 0.2) is 0 Å². The van der Waals surface area contributed by atoms with E-state index in [1.807, 2.05) is 6.92 Å². The molecule has 0 aliphatic carbocycles. The third-order valence-corrected chi connectivity index (χ3v) is 1.61. The van der Waals surface area contributed by atoms with Crippen molar-refractivity contribution in [1.82, 2.24) is 10.2 Å². The van der Waals surface area contributed by atoms with Crippen LogP contribution in [0.3, 0.4) is 0 Å². The molecule has 0 aromatic carbocycles. The molecule has 5 heteroatoms. The summed E-state index contributed by atoms with van der Waals surface area (Å²) in [5.74, 6) is 4.29. The van der Waals surface area contributed by atoms with Gasteiger partial charge < -0.3 is 15.3 Å². The molecule has 2 N–H and O–H groups in total. The highest BCUT2D eigenvalue weighted by Gasteiger charge is 2.14. The molecule has 0 atom stereocenters. The van der Waals surface area contributed by atoms with Crippen LogP contribution in [-0.4, -0.2) is 41.6 Å². The van der Waals surface area contributed by atoms with Crippen molar-refractivity contribution < 1.29 is 14.7 Å². The van der Waals surface area contributed by atoms with Crippen LogP contribution in [0.2, 0.25) is 0 Å². The Morgan fingerprint density at radius 2 is 2.13 bits per heavy atom. The first kappa shape index (κ1) is 13.3. The average molecular weight is 212 g/mol. The normalized spacial score (nSPS) is 8.67. The summed E-state index contributed by atoms with van der Waals surface area (Å²) < 4.78 is 0. The van der Waals surface area contributed by atoms with Gasteiger partial charge in [-0.1, -0.05) is 12.8 Å². The lowest BCUT2D eigenvalue weighted by Crippen LogP contribution is -2.43. The first-order valence-electron chi connectivity index (χ1n) is 4.76. The molecule has 15 heavy (non-hydrogen) atoms. The second-order valence-corrected chi connectivity index (χ2v) is 2.90. The maximum absolute atomic E-state index is 11.4. The fraction of sp³-hybridized carbons (Fsp3) is 0.600. The van der Waals surface area contributed by atoms with Crippen molar-refractivity contribution >= 4 is 12.0 Å². The number of amides is 2. The van der Waals surface area contributed by atoms with Crippen molar-refractivity contribution in [3.8, 4) is 11.8 Å². The second kappa shape index (κ2) is 7.68. The quantitative estimate of drug-likeness (QED) is 0.652. The number of hydrogen-bond donors (Lipinski definition) is 2. The lowest BCUT2D eigenvalue weighted by Gasteiger charge is -2.19. The average Bonchev–Trinajstić information content (AvgIpc) is 2.17. The van der Waals surface area contributed by atoms with E-state index in [0.29, 0.717) is 6.54 Å². The number of urea groups is 1. The van der Waals surface area contributed by atoms with Gasteiger partial charge in [0.05, 0.1) is 6.54 Å². The van der Waals surface area contributed by atoms with E-state index in [-0.39, 0.29) is 19.1 Å². The molecule has 0 fully saturated rings. The van der Waals surface area contributed by atoms with Gasteiger partial charge in [-0.15, -0.1) is 5.92 Å². The first-order valence-corrected chi connectivity index (χ1v) is 4.76. The molecule has 0 aromatic heterocycles. The Hall–Kier alpha value is -1.70. The van der Waals surface area contributed by atoms with Crippen LogP contribution in [0.25, 0.3) is 0 Å². The highest BCUT2D eigenvalue weighted by atomic mass is 16.4. The summed E-state index contributed by atoms with van der Waals surface area (Å²) >= 11 is 0. The van der Waals surface area contributed by atoms with Crippen molar-refractivity contribution in [3.05, 3.63) is 0 Å². The highest BCUT2D eigenvalue weighted by molar-refractivity contribution is 5.80. The lowest BCUT2D eigenvalue weighted by molar-refractivity contribution is -0.137. The van der Waals surface area contributed by atoms with E-state index in [9.17, 15) is 9.59 Å². The van der Waals surface area contributed by atoms with Crippen molar-refractivity contribution in [2.75, 3.05) is 19.6 Å². The maximum Gasteiger partial charge on any atom is 0.323 e. The minimum absolute atomic E-state index is 0.245. The zero-order valence-electron chi connectivity index (χ0n) is 9.04. The molecule has 0 unspecified atom stereocenters. The summed E-state index contributed by atoms with van der Waals surface area (Å²) in [6.45, 7) is 3.95. The van der Waals surface area contributed by atoms with E-state index in [0.717, 1.165) is 6.42 Å². The molecule has 0 heterocycles. The molecule has 5 nitrogen and oxygen atoms in total. The summed E-state index contributed by atoms with van der Waals surface area (Å²) in [6, 6.07) is -0.387. The first-order chi connectivity index (χ1) is 7.11. The van der Waals surface area contributed by atoms with Gasteiger partial charge in [-0.3, -0.25) is 4.79 Å². The Kier molecular flexibility index (Phi) is 6.81. The maximum atomic E-state index is 11.4. The molecule has 0 aromatic rings. The number of hydrogen-bond acceptors (Lipinski definition) is 2. The van der Waals surface area contributed by atoms with Gasteiger partial charge in [-0.25, -0.2) is 4.79 Å². The minimum Gasteiger partial charge on any atom is -0.480 e. The van der Waals surface area contributed by atoms with E-state index >= 15 is 0 Å². The molecule has 0 spiro atoms. The van der Waals surface area contributed by atoms with Crippen LogP contribution in [-0.2, 0) is 4.79 Å². The SMILES string of the molecule is CC#CCNC(=O)N(CCC)CC(=O)O. The molecule has 0 rings (SSSR count). The van der Waals surface area contributed by atoms with Crippen LogP contribution in [0.15, 0.2) is 0 Å². The predicted molar refractivity (Wildman–Crippen MR) is 56.3 cm³/mol. The number of carbonyl (C=O) groups is 2. The standard InChI is InChI=1S/C10H16N2O3/c1-3-5-6-11-10(15)12(7-4-2)8-9(13)14/h4,6-8H2,1-2H3,(H,11,15)(H,13,14). The van der Waals surface area contributed by atoms with Crippen molar-refractivity contribution in [3.63, 3.8) is 0 Å². The molecule has 2 amide bonds. The van der Waals surface area contributed by atoms with Gasteiger partial charge in [-0.05, 0) is 13.3 Å². The summed E-state index contributed by atoms with van der Waals surface area (Å²) in [7, 11) is 0. The van der Waals surface area contributed by atoms with E-state index in [4.69, 9.17) is 5.11 Å². The number of carbonyl (C=O) groups excluding carboxylic acids is 1. The van der Waals surface area contributed by atoms with Gasteiger partial charge in [0.25, 0.3) is 0 Å². The number of nitrogens with zero attached hydrogens (tertiary/aromatic N) is 1. The molecule has 0 bridgehead atoms. The topological polar surface area (TPSA) is 69.6 Å². The van der Waals surface area contributed by atoms with Crippen molar-refractivity contribution in [1.29, 1.82) is 0 Å². The van der Waals surface area contributed by atoms with E-state index in [1.165, 1.54) is 4.90 Å². The minimum atomic E-state index is -1.01. The van der Waals surface area contributed by atoms with Crippen LogP contribution < -0.4 is 5.32 Å². The van der Waals surface area contributed by atoms with Gasteiger partial charge in [-0.2, -0.15) is 0 Å². The lowest BCUT2D eigenvalue weighted by atomic mass is 10.4. The van der Waals surface area contributed by atoms with Crippen LogP contribution in [0.4, 0.5) is 4.79 Å². The van der Waals surface area contributed by atoms with Crippen LogP contribution in [0.5, 0.6) is 0 Å². The Morgan fingerprint density at radius 1 is 1.47 bits per heavy atom. The smallest absolute Gasteiger partial charge is 0.323 e. The van der Waals surface area contributed by atoms with Gasteiger partial charge in [0.1, 0.15) is 6.54 Å². The number of rotatable bonds is 5. The van der Waals surface area contributed by atoms with Crippen LogP contribution in [0.1, 0.15) is 20.3 Å². The Labute approximate surface area is 89.4 Å². The number of nitrogens with one attached hydrogen (secondary N) is 1. The zero-order chi connectivity index (χ0) is 11.7. The summed E-state index contributed by atoms with van der Waals surface area (Å²) in [5, 5.41) is 11.1. The Balaban J connectivity index is 4.13. The summed E-state index contributed by atoms with van der Waals surface area (Å²) in [4.78, 5) is 23.1. The van der Waals surface area contributed by atoms with E-state index < -0.39 is 5.97 Å². The molecular weight excluding hydrogens is 196 g/mol. The van der Waals surface area contributed by atoms with Crippen molar-refractivity contribution in [2.45, 2.75) is 20.3 Å². The van der Waals surface area contributed by atoms with Gasteiger partial charge >= 0.3 is 12.0 Å². The van der Waals surface area contributed by atoms with E-state index in [1.54, 1.807) is 6.92 Å². The van der Waals surface area contributed by atoms with Crippen molar-refractivity contribution in [2.24, 2.45) is 0 Å². The van der Waals surface area contributed by atoms with E-state index in [2.05, 4.69) is 17.2 Å². The van der Waals surface area contributed by atoms with Crippen LogP contribution >= 0.6 is 0 Å². The Bertz CT molecular complexity index is 278. The number of aliphatic carboxylic acids is 1. The third kappa shape index (κ3) is 6.38. The summed E-state index contributed by atoms with van der Waals surface area (Å²) in [5.41, 5.74) is 0. The predicted octanol–water partition coefficient (Wildman–Crippen LogP) is 0.516. The Morgan fingerprint density at radius 3 is 2.60 bits per heavy atom. The largest absolute Gasteiger partial charge is 0.480 e. The van der Waals surface area contributed by atoms with Gasteiger partial charge in [0.2, 0.25) is 0 Å². The highest BCUT2D eigenvalue weighted by Crippen LogP contribution is 1.92. The molecule has 0 saturated carbocycles. The molecular formula is C10H16N2O3. The molecule has 0 aliphatic heterocycles. The van der Waals surface area contributed by atoms with Gasteiger partial charge in [0, 0.05) is 6.54 Å². The summed E-state index contributed by atoms with van der Waals surface area (Å²) in [6.07, 6.45) is 0.722. The van der Waals surface area contributed by atoms with Crippen LogP contribution in [0, 0.1) is 11.8 Å². The molecule has 0 radical (unpaired) electrons. The number of carboxylic acid groups (broad SMARTS) is 1. The monoisotopic (exact) mass is 212 g/mol. The number of carboxylic acids is 1. The third-order valence-electron chi connectivity index (χ3n) is 1.61. The molecule has 0 saturated heterocycles. The fourth-order valence-electron chi connectivity index (χ4n) is 1.01. The molecule has 84 valence electrons. The fourth-order valence-corrected chi connectivity index (χ4v) is 1.01.